The normalized spacial score (nSPS) is 16.3. The van der Waals surface area contributed by atoms with Gasteiger partial charge in [-0.1, -0.05) is 13.0 Å². The minimum atomic E-state index is -3.28. The molecule has 146 valence electrons. The molecule has 1 aliphatic rings. The summed E-state index contributed by atoms with van der Waals surface area (Å²) in [7, 11) is -1.75. The first-order chi connectivity index (χ1) is 12.3. The van der Waals surface area contributed by atoms with Gasteiger partial charge in [0, 0.05) is 19.3 Å². The Morgan fingerprint density at radius 2 is 2.04 bits per heavy atom. The van der Waals surface area contributed by atoms with Crippen LogP contribution in [0.15, 0.2) is 24.3 Å². The van der Waals surface area contributed by atoms with Crippen LogP contribution in [0.4, 0.5) is 11.4 Å². The summed E-state index contributed by atoms with van der Waals surface area (Å²) in [5, 5.41) is 6.89. The standard InChI is InChI=1S/C18H30N4O2S2/c1-15-8-12-22(13-9-15)11-5-10-19-18(25)20-16-6-4-7-17(14-16)21(2)26(3,23)24/h4,6-7,14-15H,5,8-13H2,1-3H3,(H2,19,20,25). The Morgan fingerprint density at radius 3 is 2.69 bits per heavy atom. The van der Waals surface area contributed by atoms with E-state index in [4.69, 9.17) is 12.2 Å². The maximum absolute atomic E-state index is 11.7. The van der Waals surface area contributed by atoms with Crippen LogP contribution in [-0.4, -0.2) is 57.9 Å². The lowest BCUT2D eigenvalue weighted by Gasteiger charge is -2.30. The van der Waals surface area contributed by atoms with Crippen LogP contribution in [0.25, 0.3) is 0 Å². The van der Waals surface area contributed by atoms with Gasteiger partial charge in [0.15, 0.2) is 5.11 Å². The molecule has 1 saturated heterocycles. The van der Waals surface area contributed by atoms with E-state index in [1.165, 1.54) is 43.5 Å². The van der Waals surface area contributed by atoms with Crippen molar-refractivity contribution in [3.63, 3.8) is 0 Å². The molecule has 1 fully saturated rings. The minimum absolute atomic E-state index is 0.552. The maximum Gasteiger partial charge on any atom is 0.231 e. The third kappa shape index (κ3) is 6.74. The number of sulfonamides is 1. The van der Waals surface area contributed by atoms with E-state index in [1.807, 2.05) is 6.07 Å². The fourth-order valence-electron chi connectivity index (χ4n) is 2.94. The average molecular weight is 399 g/mol. The summed E-state index contributed by atoms with van der Waals surface area (Å²) in [5.74, 6) is 0.860. The molecule has 1 aromatic rings. The number of benzene rings is 1. The van der Waals surface area contributed by atoms with Crippen molar-refractivity contribution in [1.82, 2.24) is 10.2 Å². The lowest BCUT2D eigenvalue weighted by Crippen LogP contribution is -2.36. The van der Waals surface area contributed by atoms with Crippen LogP contribution in [0, 0.1) is 5.92 Å². The van der Waals surface area contributed by atoms with Gasteiger partial charge in [-0.15, -0.1) is 0 Å². The first kappa shape index (κ1) is 20.9. The lowest BCUT2D eigenvalue weighted by molar-refractivity contribution is 0.191. The second-order valence-electron chi connectivity index (χ2n) is 7.04. The average Bonchev–Trinajstić information content (AvgIpc) is 2.59. The number of thiocarbonyl (C=S) groups is 1. The number of hydrogen-bond acceptors (Lipinski definition) is 4. The van der Waals surface area contributed by atoms with Crippen LogP contribution >= 0.6 is 12.2 Å². The van der Waals surface area contributed by atoms with Gasteiger partial charge in [0.25, 0.3) is 0 Å². The fourth-order valence-corrected chi connectivity index (χ4v) is 3.65. The van der Waals surface area contributed by atoms with Crippen molar-refractivity contribution >= 4 is 38.7 Å². The van der Waals surface area contributed by atoms with Gasteiger partial charge in [-0.25, -0.2) is 8.42 Å². The van der Waals surface area contributed by atoms with Crippen molar-refractivity contribution in [2.75, 3.05) is 49.1 Å². The number of nitrogens with one attached hydrogen (secondary N) is 2. The molecule has 0 atom stereocenters. The highest BCUT2D eigenvalue weighted by Gasteiger charge is 2.15. The smallest absolute Gasteiger partial charge is 0.231 e. The topological polar surface area (TPSA) is 64.7 Å². The highest BCUT2D eigenvalue weighted by atomic mass is 32.2. The Balaban J connectivity index is 1.74. The van der Waals surface area contributed by atoms with Crippen LogP contribution in [-0.2, 0) is 10.0 Å². The molecule has 2 rings (SSSR count). The number of piperidine rings is 1. The third-order valence-electron chi connectivity index (χ3n) is 4.78. The van der Waals surface area contributed by atoms with Gasteiger partial charge in [0.2, 0.25) is 10.0 Å². The number of hydrogen-bond donors (Lipinski definition) is 2. The molecule has 1 aromatic carbocycles. The summed E-state index contributed by atoms with van der Waals surface area (Å²) >= 11 is 5.34. The zero-order valence-electron chi connectivity index (χ0n) is 15.9. The van der Waals surface area contributed by atoms with Crippen LogP contribution in [0.3, 0.4) is 0 Å². The van der Waals surface area contributed by atoms with E-state index in [0.717, 1.165) is 31.1 Å². The van der Waals surface area contributed by atoms with Gasteiger partial charge in [-0.05, 0) is 75.2 Å². The van der Waals surface area contributed by atoms with Crippen molar-refractivity contribution in [3.05, 3.63) is 24.3 Å². The molecule has 26 heavy (non-hydrogen) atoms. The molecule has 0 saturated carbocycles. The van der Waals surface area contributed by atoms with Gasteiger partial charge in [-0.2, -0.15) is 0 Å². The van der Waals surface area contributed by atoms with Crippen LogP contribution < -0.4 is 14.9 Å². The van der Waals surface area contributed by atoms with Crippen LogP contribution in [0.1, 0.15) is 26.2 Å². The first-order valence-corrected chi connectivity index (χ1v) is 11.3. The van der Waals surface area contributed by atoms with Crippen molar-refractivity contribution in [2.24, 2.45) is 5.92 Å². The van der Waals surface area contributed by atoms with E-state index < -0.39 is 10.0 Å². The zero-order valence-corrected chi connectivity index (χ0v) is 17.5. The predicted molar refractivity (Wildman–Crippen MR) is 113 cm³/mol. The van der Waals surface area contributed by atoms with E-state index in [9.17, 15) is 8.42 Å². The summed E-state index contributed by atoms with van der Waals surface area (Å²) in [6, 6.07) is 7.19. The molecular weight excluding hydrogens is 368 g/mol. The summed E-state index contributed by atoms with van der Waals surface area (Å²) in [6.07, 6.45) is 4.83. The number of anilines is 2. The number of rotatable bonds is 7. The summed E-state index contributed by atoms with van der Waals surface area (Å²) in [6.45, 7) is 6.64. The first-order valence-electron chi connectivity index (χ1n) is 9.07. The highest BCUT2D eigenvalue weighted by Crippen LogP contribution is 2.20. The van der Waals surface area contributed by atoms with Gasteiger partial charge < -0.3 is 15.5 Å². The van der Waals surface area contributed by atoms with Gasteiger partial charge in [-0.3, -0.25) is 4.31 Å². The quantitative estimate of drug-likeness (QED) is 0.543. The van der Waals surface area contributed by atoms with Crippen molar-refractivity contribution in [2.45, 2.75) is 26.2 Å². The number of likely N-dealkylation sites (tertiary alicyclic amines) is 1. The van der Waals surface area contributed by atoms with E-state index >= 15 is 0 Å². The molecule has 1 aliphatic heterocycles. The number of nitrogens with zero attached hydrogens (tertiary/aromatic N) is 2. The largest absolute Gasteiger partial charge is 0.362 e. The third-order valence-corrected chi connectivity index (χ3v) is 6.23. The Bertz CT molecular complexity index is 701. The Kier molecular flexibility index (Phi) is 7.67. The molecule has 8 heteroatoms. The molecule has 2 N–H and O–H groups in total. The lowest BCUT2D eigenvalue weighted by atomic mass is 9.99. The van der Waals surface area contributed by atoms with Gasteiger partial charge >= 0.3 is 0 Å². The molecule has 0 bridgehead atoms. The molecule has 0 aliphatic carbocycles. The van der Waals surface area contributed by atoms with E-state index in [-0.39, 0.29) is 0 Å². The molecule has 0 radical (unpaired) electrons. The SMILES string of the molecule is CC1CCN(CCCNC(=S)Nc2cccc(N(C)S(C)(=O)=O)c2)CC1. The summed E-state index contributed by atoms with van der Waals surface area (Å²) in [5.41, 5.74) is 1.36. The Labute approximate surface area is 163 Å². The monoisotopic (exact) mass is 398 g/mol. The van der Waals surface area contributed by atoms with E-state index in [0.29, 0.717) is 10.8 Å². The van der Waals surface area contributed by atoms with Crippen molar-refractivity contribution in [1.29, 1.82) is 0 Å². The van der Waals surface area contributed by atoms with E-state index in [2.05, 4.69) is 22.5 Å². The second kappa shape index (κ2) is 9.53. The van der Waals surface area contributed by atoms with Crippen LogP contribution in [0.5, 0.6) is 0 Å². The van der Waals surface area contributed by atoms with Crippen molar-refractivity contribution in [3.8, 4) is 0 Å². The summed E-state index contributed by atoms with van der Waals surface area (Å²) < 4.78 is 24.5. The van der Waals surface area contributed by atoms with Crippen LogP contribution in [0.2, 0.25) is 0 Å². The molecule has 0 spiro atoms. The molecule has 0 unspecified atom stereocenters. The van der Waals surface area contributed by atoms with Gasteiger partial charge in [0.1, 0.15) is 0 Å². The zero-order chi connectivity index (χ0) is 19.2. The summed E-state index contributed by atoms with van der Waals surface area (Å²) in [4.78, 5) is 2.52. The Hall–Kier alpha value is -1.38. The Morgan fingerprint density at radius 1 is 1.35 bits per heavy atom. The maximum atomic E-state index is 11.7. The second-order valence-corrected chi connectivity index (χ2v) is 9.46. The molecule has 0 aromatic heterocycles. The molecular formula is C18H30N4O2S2. The van der Waals surface area contributed by atoms with Crippen molar-refractivity contribution < 1.29 is 8.42 Å². The molecule has 1 heterocycles. The minimum Gasteiger partial charge on any atom is -0.362 e. The van der Waals surface area contributed by atoms with Gasteiger partial charge in [0.05, 0.1) is 11.9 Å². The highest BCUT2D eigenvalue weighted by molar-refractivity contribution is 7.92. The molecule has 0 amide bonds. The fraction of sp³-hybridized carbons (Fsp3) is 0.611. The van der Waals surface area contributed by atoms with E-state index in [1.54, 1.807) is 18.2 Å². The molecule has 6 nitrogen and oxygen atoms in total. The predicted octanol–water partition coefficient (Wildman–Crippen LogP) is 2.49.